The van der Waals surface area contributed by atoms with Gasteiger partial charge in [0.15, 0.2) is 32.7 Å². The number of ether oxygens (including phenoxy) is 2. The highest BCUT2D eigenvalue weighted by atomic mass is 32.1. The molecule has 0 amide bonds. The standard InChI is InChI=1S/C15H14F2N2O3S.C13H12F2N2O2S/c16-9-3-8-4-11(7-22-14(8)12(17)5-9)19-10(1-2-13(20)21)6-18-15(19)23;14-8-1-7-2-9(6-19-12(7)11(15)3-8)17-10(5-18)4-16-13(17)20/h3,5-6,11H,1-2,4,7H2,(H,18,23)(H,20,21);1,3-4,9,18H,2,5-6H2,(H,16,20)/t11-;9-/m11/s1. The van der Waals surface area contributed by atoms with E-state index in [4.69, 9.17) is 39.0 Å². The summed E-state index contributed by atoms with van der Waals surface area (Å²) in [6.07, 6.45) is 4.31. The third-order valence-electron chi connectivity index (χ3n) is 7.19. The van der Waals surface area contributed by atoms with E-state index in [1.54, 1.807) is 21.5 Å². The Morgan fingerprint density at radius 3 is 1.77 bits per heavy atom. The molecule has 228 valence electrons. The second kappa shape index (κ2) is 12.7. The van der Waals surface area contributed by atoms with Gasteiger partial charge in [0.25, 0.3) is 0 Å². The number of aliphatic hydroxyl groups excluding tert-OH is 1. The van der Waals surface area contributed by atoms with E-state index >= 15 is 0 Å². The molecule has 0 saturated carbocycles. The van der Waals surface area contributed by atoms with E-state index in [9.17, 15) is 27.5 Å². The summed E-state index contributed by atoms with van der Waals surface area (Å²) in [5.41, 5.74) is 2.24. The van der Waals surface area contributed by atoms with Gasteiger partial charge >= 0.3 is 5.97 Å². The fourth-order valence-corrected chi connectivity index (χ4v) is 6.00. The van der Waals surface area contributed by atoms with Crippen molar-refractivity contribution in [3.63, 3.8) is 0 Å². The third-order valence-corrected chi connectivity index (χ3v) is 7.82. The predicted octanol–water partition coefficient (Wildman–Crippen LogP) is 5.51. The Kier molecular flexibility index (Phi) is 9.03. The van der Waals surface area contributed by atoms with Crippen LogP contribution in [0.15, 0.2) is 36.7 Å². The Labute approximate surface area is 252 Å². The van der Waals surface area contributed by atoms with Gasteiger partial charge in [-0.15, -0.1) is 0 Å². The lowest BCUT2D eigenvalue weighted by molar-refractivity contribution is -0.137. The number of carboxylic acid groups (broad SMARTS) is 1. The van der Waals surface area contributed by atoms with Crippen LogP contribution < -0.4 is 9.47 Å². The molecule has 9 nitrogen and oxygen atoms in total. The summed E-state index contributed by atoms with van der Waals surface area (Å²) in [5, 5.41) is 18.1. The van der Waals surface area contributed by atoms with Gasteiger partial charge in [-0.3, -0.25) is 4.79 Å². The van der Waals surface area contributed by atoms with Crippen molar-refractivity contribution in [1.29, 1.82) is 0 Å². The number of carboxylic acids is 1. The highest BCUT2D eigenvalue weighted by molar-refractivity contribution is 7.71. The first-order chi connectivity index (χ1) is 20.5. The van der Waals surface area contributed by atoms with Crippen LogP contribution in [-0.4, -0.2) is 48.5 Å². The molecule has 4 N–H and O–H groups in total. The Bertz CT molecular complexity index is 1780. The zero-order valence-corrected chi connectivity index (χ0v) is 24.0. The summed E-state index contributed by atoms with van der Waals surface area (Å²) in [7, 11) is 0. The van der Waals surface area contributed by atoms with Crippen LogP contribution in [0.1, 0.15) is 41.0 Å². The number of aryl methyl sites for hydroxylation is 1. The molecule has 2 aromatic heterocycles. The van der Waals surface area contributed by atoms with Crippen molar-refractivity contribution in [1.82, 2.24) is 19.1 Å². The lowest BCUT2D eigenvalue weighted by Gasteiger charge is -2.27. The van der Waals surface area contributed by atoms with Crippen molar-refractivity contribution in [2.24, 2.45) is 0 Å². The molecule has 0 radical (unpaired) electrons. The number of aliphatic hydroxyl groups is 1. The molecule has 0 bridgehead atoms. The van der Waals surface area contributed by atoms with Crippen molar-refractivity contribution >= 4 is 30.4 Å². The van der Waals surface area contributed by atoms with E-state index in [0.29, 0.717) is 45.6 Å². The van der Waals surface area contributed by atoms with E-state index in [2.05, 4.69) is 9.97 Å². The highest BCUT2D eigenvalue weighted by Crippen LogP contribution is 2.35. The second-order valence-corrected chi connectivity index (χ2v) is 10.8. The fourth-order valence-electron chi connectivity index (χ4n) is 5.35. The second-order valence-electron chi connectivity index (χ2n) is 10.1. The molecule has 0 aliphatic carbocycles. The molecule has 0 unspecified atom stereocenters. The summed E-state index contributed by atoms with van der Waals surface area (Å²) in [4.78, 5) is 16.5. The van der Waals surface area contributed by atoms with Gasteiger partial charge < -0.3 is 38.8 Å². The van der Waals surface area contributed by atoms with Crippen molar-refractivity contribution in [2.75, 3.05) is 13.2 Å². The predicted molar refractivity (Wildman–Crippen MR) is 150 cm³/mol. The maximum absolute atomic E-state index is 13.7. The number of carbonyl (C=O) groups is 1. The Balaban J connectivity index is 0.000000173. The minimum absolute atomic E-state index is 0.0277. The Morgan fingerprint density at radius 1 is 0.837 bits per heavy atom. The minimum Gasteiger partial charge on any atom is -0.488 e. The quantitative estimate of drug-likeness (QED) is 0.163. The molecule has 15 heteroatoms. The minimum atomic E-state index is -0.905. The number of rotatable bonds is 6. The number of H-pyrrole nitrogens is 2. The monoisotopic (exact) mass is 638 g/mol. The van der Waals surface area contributed by atoms with Crippen LogP contribution in [0.4, 0.5) is 17.6 Å². The molecule has 2 aliphatic heterocycles. The number of halogens is 4. The molecule has 43 heavy (non-hydrogen) atoms. The van der Waals surface area contributed by atoms with Gasteiger partial charge in [-0.2, -0.15) is 0 Å². The van der Waals surface area contributed by atoms with Gasteiger partial charge in [0.2, 0.25) is 0 Å². The van der Waals surface area contributed by atoms with Crippen molar-refractivity contribution in [2.45, 2.75) is 44.4 Å². The van der Waals surface area contributed by atoms with Gasteiger partial charge in [0.1, 0.15) is 24.8 Å². The molecule has 6 rings (SSSR count). The average molecular weight is 639 g/mol. The largest absolute Gasteiger partial charge is 0.488 e. The average Bonchev–Trinajstić information content (AvgIpc) is 3.52. The maximum Gasteiger partial charge on any atom is 0.303 e. The zero-order valence-electron chi connectivity index (χ0n) is 22.4. The number of aromatic amines is 2. The number of aromatic nitrogens is 4. The Morgan fingerprint density at radius 2 is 1.30 bits per heavy atom. The zero-order chi connectivity index (χ0) is 30.8. The van der Waals surface area contributed by atoms with Crippen LogP contribution in [0, 0.1) is 32.8 Å². The fraction of sp³-hybridized carbons (Fsp3) is 0.321. The van der Waals surface area contributed by atoms with E-state index in [1.807, 2.05) is 0 Å². The first-order valence-corrected chi connectivity index (χ1v) is 14.0. The van der Waals surface area contributed by atoms with Crippen LogP contribution in [0.5, 0.6) is 11.5 Å². The number of nitrogens with zero attached hydrogens (tertiary/aromatic N) is 2. The molecular formula is C28H26F4N4O5S2. The normalized spacial score (nSPS) is 17.1. The number of imidazole rings is 2. The lowest BCUT2D eigenvalue weighted by atomic mass is 10.0. The smallest absolute Gasteiger partial charge is 0.303 e. The van der Waals surface area contributed by atoms with E-state index in [-0.39, 0.29) is 49.8 Å². The molecule has 4 aromatic rings. The number of hydrogen-bond acceptors (Lipinski definition) is 6. The lowest BCUT2D eigenvalue weighted by Crippen LogP contribution is -2.26. The third kappa shape index (κ3) is 6.53. The highest BCUT2D eigenvalue weighted by Gasteiger charge is 2.28. The summed E-state index contributed by atoms with van der Waals surface area (Å²) >= 11 is 10.4. The van der Waals surface area contributed by atoms with Crippen LogP contribution >= 0.6 is 24.4 Å². The molecular weight excluding hydrogens is 612 g/mol. The number of hydrogen-bond donors (Lipinski definition) is 4. The van der Waals surface area contributed by atoms with Gasteiger partial charge in [-0.05, 0) is 43.0 Å². The molecule has 4 heterocycles. The van der Waals surface area contributed by atoms with Crippen LogP contribution in [0.2, 0.25) is 0 Å². The first kappa shape index (κ1) is 30.5. The molecule has 2 atom stereocenters. The van der Waals surface area contributed by atoms with Gasteiger partial charge in [-0.25, -0.2) is 17.6 Å². The first-order valence-electron chi connectivity index (χ1n) is 13.2. The van der Waals surface area contributed by atoms with Gasteiger partial charge in [0, 0.05) is 54.2 Å². The van der Waals surface area contributed by atoms with E-state index in [1.165, 1.54) is 12.1 Å². The number of nitrogens with one attached hydrogen (secondary N) is 2. The number of benzene rings is 2. The van der Waals surface area contributed by atoms with Gasteiger partial charge in [0.05, 0.1) is 30.8 Å². The molecule has 0 spiro atoms. The molecule has 2 aromatic carbocycles. The van der Waals surface area contributed by atoms with Crippen molar-refractivity contribution in [3.8, 4) is 11.5 Å². The topological polar surface area (TPSA) is 117 Å². The van der Waals surface area contributed by atoms with E-state index < -0.39 is 29.2 Å². The van der Waals surface area contributed by atoms with Crippen molar-refractivity contribution in [3.05, 3.63) is 92.0 Å². The molecule has 2 aliphatic rings. The van der Waals surface area contributed by atoms with Crippen LogP contribution in [0.25, 0.3) is 0 Å². The Hall–Kier alpha value is -3.95. The maximum atomic E-state index is 13.7. The van der Waals surface area contributed by atoms with Crippen LogP contribution in [-0.2, 0) is 30.7 Å². The van der Waals surface area contributed by atoms with Crippen LogP contribution in [0.3, 0.4) is 0 Å². The molecule has 0 fully saturated rings. The summed E-state index contributed by atoms with van der Waals surface area (Å²) < 4.78 is 69.2. The molecule has 0 saturated heterocycles. The number of fused-ring (bicyclic) bond motifs is 2. The van der Waals surface area contributed by atoms with E-state index in [0.717, 1.165) is 17.8 Å². The van der Waals surface area contributed by atoms with Gasteiger partial charge in [-0.1, -0.05) is 0 Å². The summed E-state index contributed by atoms with van der Waals surface area (Å²) in [5.74, 6) is -3.45. The summed E-state index contributed by atoms with van der Waals surface area (Å²) in [6.45, 7) is 0.227. The SMILES string of the molecule is O=C(O)CCc1c[nH]c(=S)n1[C@H]1COc2c(F)cc(F)cc2C1.OCc1c[nH]c(=S)n1[C@H]1COc2c(F)cc(F)cc2C1. The number of aliphatic carboxylic acids is 1. The van der Waals surface area contributed by atoms with Crippen molar-refractivity contribution < 1.29 is 42.0 Å². The summed E-state index contributed by atoms with van der Waals surface area (Å²) in [6, 6.07) is 3.66.